The highest BCUT2D eigenvalue weighted by molar-refractivity contribution is 14.1. The summed E-state index contributed by atoms with van der Waals surface area (Å²) in [6.07, 6.45) is 0.133. The Labute approximate surface area is 189 Å². The number of aliphatic hydroxyl groups is 2. The largest absolute Gasteiger partial charge is 0.394 e. The van der Waals surface area contributed by atoms with Crippen molar-refractivity contribution in [1.29, 1.82) is 0 Å². The molecular formula is C19H19F3IN3O5. The first-order valence-electron chi connectivity index (χ1n) is 8.85. The minimum Gasteiger partial charge on any atom is -0.394 e. The molecule has 0 saturated heterocycles. The number of nitrogens with zero attached hydrogens (tertiary/aromatic N) is 1. The fraction of sp³-hybridized carbons (Fsp3) is 0.263. The molecule has 2 aromatic rings. The fourth-order valence-corrected chi connectivity index (χ4v) is 2.66. The van der Waals surface area contributed by atoms with Crippen LogP contribution in [0.25, 0.3) is 0 Å². The molecule has 12 heteroatoms. The van der Waals surface area contributed by atoms with E-state index in [0.717, 1.165) is 12.3 Å². The quantitative estimate of drug-likeness (QED) is 0.156. The number of oxime groups is 1. The molecule has 168 valence electrons. The maximum Gasteiger partial charge on any atom is 0.277 e. The Bertz CT molecular complexity index is 962. The summed E-state index contributed by atoms with van der Waals surface area (Å²) >= 11 is 1.88. The molecule has 0 aliphatic rings. The number of rotatable bonds is 10. The van der Waals surface area contributed by atoms with E-state index < -0.39 is 52.9 Å². The number of carbonyl (C=O) groups excluding carboxylic acids is 1. The van der Waals surface area contributed by atoms with Gasteiger partial charge in [0.1, 0.15) is 11.9 Å². The molecule has 4 N–H and O–H groups in total. The van der Waals surface area contributed by atoms with Gasteiger partial charge in [-0.1, -0.05) is 5.16 Å². The van der Waals surface area contributed by atoms with Crippen molar-refractivity contribution in [3.8, 4) is 0 Å². The molecule has 2 aromatic carbocycles. The molecule has 0 spiro atoms. The van der Waals surface area contributed by atoms with Crippen LogP contribution in [0.5, 0.6) is 0 Å². The summed E-state index contributed by atoms with van der Waals surface area (Å²) in [4.78, 5) is 22.0. The van der Waals surface area contributed by atoms with E-state index in [-0.39, 0.29) is 18.9 Å². The topological polar surface area (TPSA) is 112 Å². The van der Waals surface area contributed by atoms with Crippen LogP contribution in [0.15, 0.2) is 29.4 Å². The average Bonchev–Trinajstić information content (AvgIpc) is 2.74. The standard InChI is InChI=1S/C19H19F3IN3O5/c1-10(9-28)31-24-8-11-6-13(19(29)26-30-5-4-27)18(17(22)16(11)21)25-15-3-2-12(23)7-14(15)20/h2-3,6-8,10,25,27-28H,4-5,9H2,1H3,(H,26,29)/b24-8+. The molecule has 0 radical (unpaired) electrons. The van der Waals surface area contributed by atoms with Crippen molar-refractivity contribution >= 4 is 46.1 Å². The summed E-state index contributed by atoms with van der Waals surface area (Å²) < 4.78 is 44.2. The van der Waals surface area contributed by atoms with Crippen molar-refractivity contribution in [3.63, 3.8) is 0 Å². The molecule has 0 saturated carbocycles. The monoisotopic (exact) mass is 553 g/mol. The van der Waals surface area contributed by atoms with Crippen LogP contribution in [-0.4, -0.2) is 48.3 Å². The summed E-state index contributed by atoms with van der Waals surface area (Å²) in [7, 11) is 0. The van der Waals surface area contributed by atoms with Crippen LogP contribution < -0.4 is 10.8 Å². The van der Waals surface area contributed by atoms with Gasteiger partial charge in [-0.05, 0) is 53.8 Å². The van der Waals surface area contributed by atoms with E-state index >= 15 is 0 Å². The Morgan fingerprint density at radius 1 is 1.26 bits per heavy atom. The van der Waals surface area contributed by atoms with Gasteiger partial charge >= 0.3 is 0 Å². The molecule has 8 nitrogen and oxygen atoms in total. The molecule has 31 heavy (non-hydrogen) atoms. The van der Waals surface area contributed by atoms with Crippen LogP contribution in [0.3, 0.4) is 0 Å². The zero-order valence-electron chi connectivity index (χ0n) is 16.2. The van der Waals surface area contributed by atoms with E-state index in [2.05, 4.69) is 10.5 Å². The number of nitrogens with one attached hydrogen (secondary N) is 2. The first-order valence-corrected chi connectivity index (χ1v) is 9.93. The summed E-state index contributed by atoms with van der Waals surface area (Å²) in [5.41, 5.74) is 0.286. The first kappa shape index (κ1) is 24.8. The normalized spacial score (nSPS) is 12.1. The number of benzene rings is 2. The summed E-state index contributed by atoms with van der Waals surface area (Å²) in [6, 6.07) is 4.96. The number of hydroxylamine groups is 1. The van der Waals surface area contributed by atoms with Crippen LogP contribution in [0.1, 0.15) is 22.8 Å². The summed E-state index contributed by atoms with van der Waals surface area (Å²) in [5, 5.41) is 23.5. The van der Waals surface area contributed by atoms with E-state index in [4.69, 9.17) is 19.9 Å². The van der Waals surface area contributed by atoms with Gasteiger partial charge in [0.05, 0.1) is 43.0 Å². The van der Waals surface area contributed by atoms with Crippen LogP contribution in [-0.2, 0) is 9.68 Å². The number of hydrogen-bond donors (Lipinski definition) is 4. The van der Waals surface area contributed by atoms with Gasteiger partial charge in [-0.3, -0.25) is 9.63 Å². The van der Waals surface area contributed by atoms with Crippen LogP contribution in [0.2, 0.25) is 0 Å². The van der Waals surface area contributed by atoms with E-state index in [1.807, 2.05) is 28.1 Å². The van der Waals surface area contributed by atoms with Crippen molar-refractivity contribution in [3.05, 3.63) is 56.4 Å². The number of aliphatic hydroxyl groups excluding tert-OH is 2. The third kappa shape index (κ3) is 6.78. The maximum atomic E-state index is 14.9. The van der Waals surface area contributed by atoms with E-state index in [9.17, 15) is 18.0 Å². The van der Waals surface area contributed by atoms with Crippen molar-refractivity contribution in [1.82, 2.24) is 5.48 Å². The molecule has 1 atom stereocenters. The van der Waals surface area contributed by atoms with E-state index in [0.29, 0.717) is 3.57 Å². The molecule has 0 fully saturated rings. The van der Waals surface area contributed by atoms with Gasteiger partial charge < -0.3 is 20.4 Å². The van der Waals surface area contributed by atoms with Crippen molar-refractivity contribution < 1.29 is 37.9 Å². The number of hydrogen-bond acceptors (Lipinski definition) is 7. The van der Waals surface area contributed by atoms with E-state index in [1.54, 1.807) is 0 Å². The molecule has 0 bridgehead atoms. The Hall–Kier alpha value is -2.42. The van der Waals surface area contributed by atoms with Crippen LogP contribution in [0, 0.1) is 21.0 Å². The number of anilines is 2. The predicted octanol–water partition coefficient (Wildman–Crippen LogP) is 2.84. The van der Waals surface area contributed by atoms with Crippen molar-refractivity contribution in [2.45, 2.75) is 13.0 Å². The predicted molar refractivity (Wildman–Crippen MR) is 114 cm³/mol. The van der Waals surface area contributed by atoms with Crippen molar-refractivity contribution in [2.24, 2.45) is 5.16 Å². The minimum atomic E-state index is -1.47. The fourth-order valence-electron chi connectivity index (χ4n) is 2.21. The van der Waals surface area contributed by atoms with Gasteiger partial charge in [-0.15, -0.1) is 0 Å². The van der Waals surface area contributed by atoms with Crippen LogP contribution >= 0.6 is 22.6 Å². The zero-order chi connectivity index (χ0) is 23.0. The highest BCUT2D eigenvalue weighted by Crippen LogP contribution is 2.30. The van der Waals surface area contributed by atoms with Crippen LogP contribution in [0.4, 0.5) is 24.5 Å². The maximum absolute atomic E-state index is 14.9. The highest BCUT2D eigenvalue weighted by atomic mass is 127. The second-order valence-corrected chi connectivity index (χ2v) is 7.35. The smallest absolute Gasteiger partial charge is 0.277 e. The molecule has 0 heterocycles. The Balaban J connectivity index is 2.48. The third-order valence-electron chi connectivity index (χ3n) is 3.72. The Morgan fingerprint density at radius 2 is 2.00 bits per heavy atom. The molecule has 0 aromatic heterocycles. The zero-order valence-corrected chi connectivity index (χ0v) is 18.3. The van der Waals surface area contributed by atoms with E-state index in [1.165, 1.54) is 25.1 Å². The lowest BCUT2D eigenvalue weighted by molar-refractivity contribution is 0.0168. The first-order chi connectivity index (χ1) is 14.8. The molecule has 0 aliphatic carbocycles. The molecule has 2 rings (SSSR count). The summed E-state index contributed by atoms with van der Waals surface area (Å²) in [6.45, 7) is 0.503. The molecule has 1 amide bonds. The minimum absolute atomic E-state index is 0.189. The number of amides is 1. The Morgan fingerprint density at radius 3 is 2.65 bits per heavy atom. The molecule has 1 unspecified atom stereocenters. The lowest BCUT2D eigenvalue weighted by Crippen LogP contribution is -2.26. The van der Waals surface area contributed by atoms with Gasteiger partial charge in [0.25, 0.3) is 5.91 Å². The second kappa shape index (κ2) is 11.8. The second-order valence-electron chi connectivity index (χ2n) is 6.10. The molecular weight excluding hydrogens is 534 g/mol. The Kier molecular flexibility index (Phi) is 9.48. The highest BCUT2D eigenvalue weighted by Gasteiger charge is 2.23. The van der Waals surface area contributed by atoms with Gasteiger partial charge in [0.15, 0.2) is 11.6 Å². The SMILES string of the molecule is CC(CO)O/N=C/c1cc(C(=O)NOCCO)c(Nc2ccc(I)cc2F)c(F)c1F. The van der Waals surface area contributed by atoms with Gasteiger partial charge in [0, 0.05) is 9.13 Å². The third-order valence-corrected chi connectivity index (χ3v) is 4.39. The number of carbonyl (C=O) groups is 1. The number of halogens is 4. The summed E-state index contributed by atoms with van der Waals surface area (Å²) in [5.74, 6) is -4.57. The van der Waals surface area contributed by atoms with Crippen molar-refractivity contribution in [2.75, 3.05) is 25.1 Å². The van der Waals surface area contributed by atoms with Gasteiger partial charge in [-0.25, -0.2) is 18.7 Å². The molecule has 0 aliphatic heterocycles. The lowest BCUT2D eigenvalue weighted by Gasteiger charge is -2.15. The lowest BCUT2D eigenvalue weighted by atomic mass is 10.1. The van der Waals surface area contributed by atoms with Gasteiger partial charge in [-0.2, -0.15) is 0 Å². The average molecular weight is 553 g/mol. The van der Waals surface area contributed by atoms with Gasteiger partial charge in [0.2, 0.25) is 0 Å².